The predicted molar refractivity (Wildman–Crippen MR) is 41.0 cm³/mol. The fourth-order valence-electron chi connectivity index (χ4n) is 0.398. The lowest BCUT2D eigenvalue weighted by molar-refractivity contribution is 0.594. The van der Waals surface area contributed by atoms with Crippen molar-refractivity contribution in [2.24, 2.45) is 5.14 Å². The van der Waals surface area contributed by atoms with E-state index in [1.165, 1.54) is 0 Å². The standard InChI is InChI=1S/C4H10BrNO2S/c5-3-1-2-4-9(6,7)8/h1-4H2,(H2,6,7,8). The van der Waals surface area contributed by atoms with E-state index < -0.39 is 10.0 Å². The molecule has 9 heavy (non-hydrogen) atoms. The maximum Gasteiger partial charge on any atom is 0.209 e. The van der Waals surface area contributed by atoms with Gasteiger partial charge in [-0.3, -0.25) is 0 Å². The molecule has 0 fully saturated rings. The van der Waals surface area contributed by atoms with Crippen molar-refractivity contribution in [1.82, 2.24) is 0 Å². The summed E-state index contributed by atoms with van der Waals surface area (Å²) in [7, 11) is -3.22. The summed E-state index contributed by atoms with van der Waals surface area (Å²) in [5.74, 6) is 0.0958. The Morgan fingerprint density at radius 1 is 1.33 bits per heavy atom. The molecule has 0 spiro atoms. The summed E-state index contributed by atoms with van der Waals surface area (Å²) in [4.78, 5) is 0. The minimum absolute atomic E-state index is 0.0958. The smallest absolute Gasteiger partial charge is 0.209 e. The molecule has 0 aromatic heterocycles. The van der Waals surface area contributed by atoms with E-state index in [1.54, 1.807) is 0 Å². The fraction of sp³-hybridized carbons (Fsp3) is 1.00. The predicted octanol–water partition coefficient (Wildman–Crippen LogP) is 0.450. The highest BCUT2D eigenvalue weighted by Gasteiger charge is 1.99. The molecule has 0 atom stereocenters. The minimum Gasteiger partial charge on any atom is -0.229 e. The summed E-state index contributed by atoms with van der Waals surface area (Å²) < 4.78 is 20.5. The highest BCUT2D eigenvalue weighted by molar-refractivity contribution is 9.09. The van der Waals surface area contributed by atoms with Gasteiger partial charge in [0.1, 0.15) is 0 Å². The van der Waals surface area contributed by atoms with Crippen LogP contribution in [0.2, 0.25) is 0 Å². The number of hydrogen-bond acceptors (Lipinski definition) is 2. The second kappa shape index (κ2) is 4.24. The van der Waals surface area contributed by atoms with E-state index in [-0.39, 0.29) is 5.75 Å². The molecule has 0 amide bonds. The van der Waals surface area contributed by atoms with E-state index >= 15 is 0 Å². The number of unbranched alkanes of at least 4 members (excludes halogenated alkanes) is 1. The van der Waals surface area contributed by atoms with Gasteiger partial charge in [-0.25, -0.2) is 13.6 Å². The van der Waals surface area contributed by atoms with Gasteiger partial charge in [-0.1, -0.05) is 15.9 Å². The quantitative estimate of drug-likeness (QED) is 0.547. The zero-order chi connectivity index (χ0) is 7.33. The average molecular weight is 216 g/mol. The van der Waals surface area contributed by atoms with Gasteiger partial charge in [0.2, 0.25) is 10.0 Å². The van der Waals surface area contributed by atoms with Crippen LogP contribution in [0.1, 0.15) is 12.8 Å². The van der Waals surface area contributed by atoms with Crippen molar-refractivity contribution in [3.63, 3.8) is 0 Å². The van der Waals surface area contributed by atoms with Crippen molar-refractivity contribution < 1.29 is 8.42 Å². The van der Waals surface area contributed by atoms with E-state index in [2.05, 4.69) is 15.9 Å². The molecule has 2 N–H and O–H groups in total. The molecule has 3 nitrogen and oxygen atoms in total. The van der Waals surface area contributed by atoms with E-state index in [9.17, 15) is 8.42 Å². The maximum absolute atomic E-state index is 10.3. The van der Waals surface area contributed by atoms with Crippen LogP contribution in [0.4, 0.5) is 0 Å². The lowest BCUT2D eigenvalue weighted by Gasteiger charge is -1.93. The normalized spacial score (nSPS) is 11.8. The van der Waals surface area contributed by atoms with Crippen molar-refractivity contribution in [3.05, 3.63) is 0 Å². The topological polar surface area (TPSA) is 60.2 Å². The summed E-state index contributed by atoms with van der Waals surface area (Å²) in [6, 6.07) is 0. The number of primary sulfonamides is 1. The first kappa shape index (κ1) is 9.39. The third-order valence-electron chi connectivity index (χ3n) is 0.812. The monoisotopic (exact) mass is 215 g/mol. The molecular formula is C4H10BrNO2S. The maximum atomic E-state index is 10.3. The molecular weight excluding hydrogens is 206 g/mol. The molecule has 56 valence electrons. The van der Waals surface area contributed by atoms with Gasteiger partial charge in [0, 0.05) is 5.33 Å². The molecule has 0 saturated heterocycles. The average Bonchev–Trinajstić information content (AvgIpc) is 1.63. The van der Waals surface area contributed by atoms with Gasteiger partial charge >= 0.3 is 0 Å². The van der Waals surface area contributed by atoms with Crippen molar-refractivity contribution in [2.45, 2.75) is 12.8 Å². The van der Waals surface area contributed by atoms with Gasteiger partial charge in [-0.2, -0.15) is 0 Å². The number of alkyl halides is 1. The van der Waals surface area contributed by atoms with Crippen LogP contribution >= 0.6 is 15.9 Å². The Labute approximate surface area is 63.8 Å². The third-order valence-corrected chi connectivity index (χ3v) is 2.23. The molecule has 0 heterocycles. The first-order chi connectivity index (χ1) is 4.06. The molecule has 0 unspecified atom stereocenters. The van der Waals surface area contributed by atoms with Crippen LogP contribution in [-0.4, -0.2) is 19.5 Å². The Balaban J connectivity index is 3.30. The van der Waals surface area contributed by atoms with Crippen LogP contribution in [0.15, 0.2) is 0 Å². The number of nitrogens with two attached hydrogens (primary N) is 1. The van der Waals surface area contributed by atoms with Crippen LogP contribution in [0.5, 0.6) is 0 Å². The molecule has 0 aliphatic rings. The summed E-state index contributed by atoms with van der Waals surface area (Å²) >= 11 is 3.18. The van der Waals surface area contributed by atoms with Crippen molar-refractivity contribution in [1.29, 1.82) is 0 Å². The second-order valence-corrected chi connectivity index (χ2v) is 4.29. The Hall–Kier alpha value is 0.390. The number of sulfonamides is 1. The van der Waals surface area contributed by atoms with E-state index in [0.717, 1.165) is 11.8 Å². The van der Waals surface area contributed by atoms with Crippen LogP contribution < -0.4 is 5.14 Å². The van der Waals surface area contributed by atoms with E-state index in [1.807, 2.05) is 0 Å². The Morgan fingerprint density at radius 3 is 2.22 bits per heavy atom. The van der Waals surface area contributed by atoms with Crippen LogP contribution in [-0.2, 0) is 10.0 Å². The third kappa shape index (κ3) is 8.39. The van der Waals surface area contributed by atoms with Crippen LogP contribution in [0, 0.1) is 0 Å². The second-order valence-electron chi connectivity index (χ2n) is 1.76. The SMILES string of the molecule is NS(=O)(=O)CCCCBr. The van der Waals surface area contributed by atoms with Gasteiger partial charge in [-0.05, 0) is 12.8 Å². The number of rotatable bonds is 4. The largest absolute Gasteiger partial charge is 0.229 e. The molecule has 0 saturated carbocycles. The van der Waals surface area contributed by atoms with Gasteiger partial charge in [-0.15, -0.1) is 0 Å². The molecule has 0 radical (unpaired) electrons. The van der Waals surface area contributed by atoms with Crippen molar-refractivity contribution in [2.75, 3.05) is 11.1 Å². The van der Waals surface area contributed by atoms with Crippen LogP contribution in [0.3, 0.4) is 0 Å². The fourth-order valence-corrected chi connectivity index (χ4v) is 1.40. The molecule has 0 rings (SSSR count). The molecule has 0 aliphatic heterocycles. The van der Waals surface area contributed by atoms with Gasteiger partial charge in [0.15, 0.2) is 0 Å². The zero-order valence-corrected chi connectivity index (χ0v) is 7.41. The van der Waals surface area contributed by atoms with Gasteiger partial charge in [0.05, 0.1) is 5.75 Å². The van der Waals surface area contributed by atoms with Gasteiger partial charge < -0.3 is 0 Å². The Bertz CT molecular complexity index is 154. The number of hydrogen-bond donors (Lipinski definition) is 1. The molecule has 0 aromatic carbocycles. The summed E-state index contributed by atoms with van der Waals surface area (Å²) in [6.07, 6.45) is 1.50. The van der Waals surface area contributed by atoms with Crippen LogP contribution in [0.25, 0.3) is 0 Å². The lowest BCUT2D eigenvalue weighted by Crippen LogP contribution is -2.16. The summed E-state index contributed by atoms with van der Waals surface area (Å²) in [5, 5.41) is 5.57. The first-order valence-corrected chi connectivity index (χ1v) is 5.46. The highest BCUT2D eigenvalue weighted by Crippen LogP contribution is 1.94. The summed E-state index contributed by atoms with van der Waals surface area (Å²) in [6.45, 7) is 0. The number of halogens is 1. The van der Waals surface area contributed by atoms with Gasteiger partial charge in [0.25, 0.3) is 0 Å². The lowest BCUT2D eigenvalue weighted by atomic mass is 10.4. The highest BCUT2D eigenvalue weighted by atomic mass is 79.9. The van der Waals surface area contributed by atoms with Crippen molar-refractivity contribution >= 4 is 26.0 Å². The van der Waals surface area contributed by atoms with E-state index in [0.29, 0.717) is 6.42 Å². The molecule has 0 aliphatic carbocycles. The Morgan fingerprint density at radius 2 is 1.89 bits per heavy atom. The van der Waals surface area contributed by atoms with E-state index in [4.69, 9.17) is 5.14 Å². The Kier molecular flexibility index (Phi) is 4.43. The first-order valence-electron chi connectivity index (χ1n) is 2.62. The molecule has 0 bridgehead atoms. The molecule has 0 aromatic rings. The molecule has 5 heteroatoms. The zero-order valence-electron chi connectivity index (χ0n) is 5.01. The summed E-state index contributed by atoms with van der Waals surface area (Å²) in [5.41, 5.74) is 0. The van der Waals surface area contributed by atoms with Crippen molar-refractivity contribution in [3.8, 4) is 0 Å². The minimum atomic E-state index is -3.22.